The fraction of sp³-hybridized carbons (Fsp3) is 0.650. The number of halogens is 1. The van der Waals surface area contributed by atoms with Crippen molar-refractivity contribution >= 4 is 23.2 Å². The molecule has 3 rings (SSSR count). The van der Waals surface area contributed by atoms with Gasteiger partial charge in [-0.25, -0.2) is 0 Å². The minimum atomic E-state index is 0.157. The van der Waals surface area contributed by atoms with Crippen molar-refractivity contribution in [2.45, 2.75) is 25.5 Å². The number of benzene rings is 1. The molecule has 0 bridgehead atoms. The smallest absolute Gasteiger partial charge is 0.191 e. The number of hydrogen-bond donors (Lipinski definition) is 2. The van der Waals surface area contributed by atoms with Gasteiger partial charge in [0.25, 0.3) is 0 Å². The van der Waals surface area contributed by atoms with Gasteiger partial charge in [0.05, 0.1) is 32.1 Å². The first kappa shape index (κ1) is 21.0. The number of morpholine rings is 1. The second kappa shape index (κ2) is 10.2. The molecule has 2 atom stereocenters. The predicted molar refractivity (Wildman–Crippen MR) is 115 cm³/mol. The molecule has 0 amide bonds. The third kappa shape index (κ3) is 5.65. The van der Waals surface area contributed by atoms with Crippen LogP contribution in [-0.4, -0.2) is 83.0 Å². The average molecular weight is 410 g/mol. The Morgan fingerprint density at radius 2 is 2.21 bits per heavy atom. The van der Waals surface area contributed by atoms with Gasteiger partial charge < -0.3 is 29.9 Å². The predicted octanol–water partition coefficient (Wildman–Crippen LogP) is 1.81. The van der Waals surface area contributed by atoms with E-state index >= 15 is 0 Å². The van der Waals surface area contributed by atoms with Crippen LogP contribution in [0.1, 0.15) is 13.3 Å². The van der Waals surface area contributed by atoms with E-state index in [1.165, 1.54) is 0 Å². The van der Waals surface area contributed by atoms with Crippen LogP contribution in [0.2, 0.25) is 5.02 Å². The maximum Gasteiger partial charge on any atom is 0.191 e. The highest BCUT2D eigenvalue weighted by atomic mass is 35.5. The summed E-state index contributed by atoms with van der Waals surface area (Å²) in [7, 11) is 3.82. The van der Waals surface area contributed by atoms with Crippen molar-refractivity contribution in [1.29, 1.82) is 0 Å². The average Bonchev–Trinajstić information content (AvgIpc) is 3.15. The number of hydrogen-bond acceptors (Lipinski definition) is 5. The Kier molecular flexibility index (Phi) is 7.65. The van der Waals surface area contributed by atoms with E-state index in [-0.39, 0.29) is 6.10 Å². The number of likely N-dealkylation sites (N-methyl/N-ethyl adjacent to an activating group) is 1. The van der Waals surface area contributed by atoms with Gasteiger partial charge in [-0.15, -0.1) is 0 Å². The number of nitrogens with zero attached hydrogens (tertiary/aromatic N) is 3. The topological polar surface area (TPSA) is 61.4 Å². The van der Waals surface area contributed by atoms with E-state index < -0.39 is 0 Å². The molecule has 7 nitrogen and oxygen atoms in total. The maximum atomic E-state index is 6.20. The van der Waals surface area contributed by atoms with Crippen molar-refractivity contribution in [2.24, 2.45) is 4.99 Å². The number of guanidine groups is 1. The molecule has 2 N–H and O–H groups in total. The molecule has 2 aliphatic rings. The molecule has 2 heterocycles. The SMILES string of the molecule is CCNC(=NCC1CN(C)CCO1)NC1CCN(c2cc(Cl)ccc2OC)C1. The highest BCUT2D eigenvalue weighted by Crippen LogP contribution is 2.33. The maximum absolute atomic E-state index is 6.20. The summed E-state index contributed by atoms with van der Waals surface area (Å²) in [4.78, 5) is 9.36. The number of methoxy groups -OCH3 is 1. The van der Waals surface area contributed by atoms with Gasteiger partial charge in [-0.05, 0) is 38.6 Å². The quantitative estimate of drug-likeness (QED) is 0.552. The van der Waals surface area contributed by atoms with E-state index in [2.05, 4.69) is 34.4 Å². The van der Waals surface area contributed by atoms with Gasteiger partial charge in [-0.1, -0.05) is 11.6 Å². The van der Waals surface area contributed by atoms with Crippen LogP contribution in [0.5, 0.6) is 5.75 Å². The van der Waals surface area contributed by atoms with Gasteiger partial charge >= 0.3 is 0 Å². The molecule has 0 saturated carbocycles. The first-order chi connectivity index (χ1) is 13.6. The van der Waals surface area contributed by atoms with Gasteiger partial charge in [-0.3, -0.25) is 4.99 Å². The molecule has 1 aromatic carbocycles. The van der Waals surface area contributed by atoms with Crippen LogP contribution in [0.3, 0.4) is 0 Å². The lowest BCUT2D eigenvalue weighted by atomic mass is 10.2. The fourth-order valence-electron chi connectivity index (χ4n) is 3.69. The summed E-state index contributed by atoms with van der Waals surface area (Å²) < 4.78 is 11.3. The Labute approximate surface area is 173 Å². The van der Waals surface area contributed by atoms with Crippen LogP contribution in [0, 0.1) is 0 Å². The number of ether oxygens (including phenoxy) is 2. The van der Waals surface area contributed by atoms with E-state index in [0.717, 1.165) is 68.2 Å². The summed E-state index contributed by atoms with van der Waals surface area (Å²) in [5.74, 6) is 1.70. The second-order valence-corrected chi connectivity index (χ2v) is 7.80. The largest absolute Gasteiger partial charge is 0.495 e. The molecule has 156 valence electrons. The van der Waals surface area contributed by atoms with E-state index in [4.69, 9.17) is 26.1 Å². The lowest BCUT2D eigenvalue weighted by Crippen LogP contribution is -2.46. The summed E-state index contributed by atoms with van der Waals surface area (Å²) in [5, 5.41) is 7.65. The number of anilines is 1. The van der Waals surface area contributed by atoms with E-state index in [1.807, 2.05) is 18.2 Å². The van der Waals surface area contributed by atoms with Crippen LogP contribution in [0.15, 0.2) is 23.2 Å². The zero-order chi connectivity index (χ0) is 19.9. The fourth-order valence-corrected chi connectivity index (χ4v) is 3.86. The van der Waals surface area contributed by atoms with Crippen molar-refractivity contribution in [1.82, 2.24) is 15.5 Å². The van der Waals surface area contributed by atoms with Gasteiger partial charge in [0.2, 0.25) is 0 Å². The first-order valence-electron chi connectivity index (χ1n) is 10.0. The van der Waals surface area contributed by atoms with Gasteiger partial charge in [0.1, 0.15) is 5.75 Å². The second-order valence-electron chi connectivity index (χ2n) is 7.37. The van der Waals surface area contributed by atoms with Crippen molar-refractivity contribution in [3.63, 3.8) is 0 Å². The summed E-state index contributed by atoms with van der Waals surface area (Å²) in [6, 6.07) is 6.07. The molecule has 1 aromatic rings. The monoisotopic (exact) mass is 409 g/mol. The van der Waals surface area contributed by atoms with Gasteiger partial charge in [0.15, 0.2) is 5.96 Å². The Morgan fingerprint density at radius 1 is 1.36 bits per heavy atom. The van der Waals surface area contributed by atoms with E-state index in [0.29, 0.717) is 12.6 Å². The zero-order valence-corrected chi connectivity index (χ0v) is 17.8. The Bertz CT molecular complexity index is 672. The molecule has 2 unspecified atom stereocenters. The minimum Gasteiger partial charge on any atom is -0.495 e. The van der Waals surface area contributed by atoms with E-state index in [1.54, 1.807) is 7.11 Å². The molecule has 2 aliphatic heterocycles. The lowest BCUT2D eigenvalue weighted by Gasteiger charge is -2.29. The van der Waals surface area contributed by atoms with Crippen LogP contribution < -0.4 is 20.3 Å². The van der Waals surface area contributed by atoms with Crippen molar-refractivity contribution in [3.8, 4) is 5.75 Å². The third-order valence-corrected chi connectivity index (χ3v) is 5.38. The van der Waals surface area contributed by atoms with Crippen LogP contribution in [0.4, 0.5) is 5.69 Å². The summed E-state index contributed by atoms with van der Waals surface area (Å²) in [5.41, 5.74) is 1.04. The summed E-state index contributed by atoms with van der Waals surface area (Å²) in [6.07, 6.45) is 1.19. The molecule has 0 radical (unpaired) electrons. The van der Waals surface area contributed by atoms with Crippen molar-refractivity contribution < 1.29 is 9.47 Å². The highest BCUT2D eigenvalue weighted by Gasteiger charge is 2.26. The van der Waals surface area contributed by atoms with Crippen LogP contribution in [-0.2, 0) is 4.74 Å². The molecule has 2 saturated heterocycles. The van der Waals surface area contributed by atoms with Crippen molar-refractivity contribution in [2.75, 3.05) is 64.9 Å². The Hall–Kier alpha value is -1.70. The van der Waals surface area contributed by atoms with Crippen LogP contribution in [0.25, 0.3) is 0 Å². The van der Waals surface area contributed by atoms with E-state index in [9.17, 15) is 0 Å². The number of rotatable bonds is 6. The lowest BCUT2D eigenvalue weighted by molar-refractivity contribution is -0.0136. The summed E-state index contributed by atoms with van der Waals surface area (Å²) >= 11 is 6.20. The molecule has 28 heavy (non-hydrogen) atoms. The zero-order valence-electron chi connectivity index (χ0n) is 17.1. The molecule has 2 fully saturated rings. The van der Waals surface area contributed by atoms with Crippen LogP contribution >= 0.6 is 11.6 Å². The molecule has 0 spiro atoms. The molecule has 8 heteroatoms. The standard InChI is InChI=1S/C20H32ClN5O2/c1-4-22-20(23-12-17-14-25(2)9-10-28-17)24-16-7-8-26(13-16)18-11-15(21)5-6-19(18)27-3/h5-6,11,16-17H,4,7-10,12-14H2,1-3H3,(H2,22,23,24). The highest BCUT2D eigenvalue weighted by molar-refractivity contribution is 6.30. The number of aliphatic imine (C=N–C) groups is 1. The Morgan fingerprint density at radius 3 is 2.96 bits per heavy atom. The molecular formula is C20H32ClN5O2. The first-order valence-corrected chi connectivity index (χ1v) is 10.4. The van der Waals surface area contributed by atoms with Gasteiger partial charge in [0, 0.05) is 43.8 Å². The Balaban J connectivity index is 1.58. The molecule has 0 aromatic heterocycles. The minimum absolute atomic E-state index is 0.157. The molecule has 0 aliphatic carbocycles. The summed E-state index contributed by atoms with van der Waals surface area (Å²) in [6.45, 7) is 8.10. The normalized spacial score (nSPS) is 23.7. The van der Waals surface area contributed by atoms with Gasteiger partial charge in [-0.2, -0.15) is 0 Å². The third-order valence-electron chi connectivity index (χ3n) is 5.15. The molecular weight excluding hydrogens is 378 g/mol. The van der Waals surface area contributed by atoms with Crippen molar-refractivity contribution in [3.05, 3.63) is 23.2 Å². The number of nitrogens with one attached hydrogen (secondary N) is 2.